The largest absolute Gasteiger partial charge is 0.462 e. The lowest BCUT2D eigenvalue weighted by atomic mass is 9.70. The van der Waals surface area contributed by atoms with Crippen molar-refractivity contribution in [1.82, 2.24) is 0 Å². The molecule has 10 heteroatoms. The van der Waals surface area contributed by atoms with Crippen molar-refractivity contribution < 1.29 is 48.2 Å². The van der Waals surface area contributed by atoms with Gasteiger partial charge in [-0.1, -0.05) is 62.0 Å². The van der Waals surface area contributed by atoms with Gasteiger partial charge < -0.3 is 38.6 Å². The number of aliphatic hydroxyl groups excluding tert-OH is 1. The third-order valence-electron chi connectivity index (χ3n) is 11.1. The van der Waals surface area contributed by atoms with Crippen LogP contribution in [0.25, 0.3) is 0 Å². The zero-order chi connectivity index (χ0) is 36.4. The van der Waals surface area contributed by atoms with Crippen molar-refractivity contribution in [3.63, 3.8) is 0 Å². The molecule has 0 unspecified atom stereocenters. The van der Waals surface area contributed by atoms with Gasteiger partial charge in [0, 0.05) is 25.5 Å². The monoisotopic (exact) mass is 696 g/mol. The molecule has 0 aromatic carbocycles. The Labute approximate surface area is 296 Å². The Morgan fingerprint density at radius 2 is 1.88 bits per heavy atom. The minimum atomic E-state index is -1.79. The second-order valence-electron chi connectivity index (χ2n) is 14.9. The quantitative estimate of drug-likeness (QED) is 0.213. The van der Waals surface area contributed by atoms with E-state index in [9.17, 15) is 19.8 Å². The Kier molecular flexibility index (Phi) is 12.1. The van der Waals surface area contributed by atoms with E-state index < -0.39 is 59.8 Å². The van der Waals surface area contributed by atoms with Crippen LogP contribution < -0.4 is 0 Å². The summed E-state index contributed by atoms with van der Waals surface area (Å²) in [5, 5.41) is 24.2. The van der Waals surface area contributed by atoms with E-state index in [1.807, 2.05) is 32.1 Å². The van der Waals surface area contributed by atoms with E-state index in [-0.39, 0.29) is 37.6 Å². The second kappa shape index (κ2) is 15.8. The molecular weight excluding hydrogens is 640 g/mol. The molecule has 50 heavy (non-hydrogen) atoms. The maximum absolute atomic E-state index is 14.5. The van der Waals surface area contributed by atoms with Crippen molar-refractivity contribution in [2.75, 3.05) is 20.3 Å². The van der Waals surface area contributed by atoms with Gasteiger partial charge >= 0.3 is 11.9 Å². The van der Waals surface area contributed by atoms with Gasteiger partial charge in [-0.2, -0.15) is 0 Å². The average molecular weight is 697 g/mol. The van der Waals surface area contributed by atoms with Gasteiger partial charge in [0.1, 0.15) is 42.5 Å². The molecule has 5 rings (SSSR count). The van der Waals surface area contributed by atoms with Crippen molar-refractivity contribution >= 4 is 11.9 Å². The Morgan fingerprint density at radius 3 is 2.58 bits per heavy atom. The van der Waals surface area contributed by atoms with Crippen LogP contribution in [0.2, 0.25) is 0 Å². The molecule has 0 radical (unpaired) electrons. The normalized spacial score (nSPS) is 42.7. The fourth-order valence-electron chi connectivity index (χ4n) is 8.10. The first kappa shape index (κ1) is 38.4. The standard InChI is InChI=1S/C40H56O10/c1-9-25(5)34-27(7)17-33(41)39(50-34)20-31-19-30(49-39)15-14-24(4)16-23(3)12-11-13-29-22-46-36-35(45-8)28(21-47-37(42)26(6)10-2)18-32(38(43)48-31)40(29,36)44/h9-14,18,23,27,30-36,41,44H,15-17,19-22H2,1-8H3/b12-11+,24-14+,25-9+,26-10+,29-13+/t23-,27-,30+,31-,32-,33+,34+,35+,36+,39-,40+/m0/s1. The lowest BCUT2D eigenvalue weighted by molar-refractivity contribution is -0.363. The molecule has 0 aromatic rings. The van der Waals surface area contributed by atoms with Gasteiger partial charge in [-0.15, -0.1) is 0 Å². The molecule has 0 amide bonds. The van der Waals surface area contributed by atoms with Crippen molar-refractivity contribution in [1.29, 1.82) is 0 Å². The number of hydrogen-bond donors (Lipinski definition) is 2. The minimum Gasteiger partial charge on any atom is -0.462 e. The summed E-state index contributed by atoms with van der Waals surface area (Å²) in [5.74, 6) is -3.47. The van der Waals surface area contributed by atoms with Crippen LogP contribution in [0.15, 0.2) is 70.4 Å². The molecule has 1 aliphatic carbocycles. The number of methoxy groups -OCH3 is 1. The molecule has 2 bridgehead atoms. The number of carbonyl (C=O) groups is 2. The maximum atomic E-state index is 14.5. The summed E-state index contributed by atoms with van der Waals surface area (Å²) in [4.78, 5) is 27.1. The molecule has 1 spiro atoms. The average Bonchev–Trinajstić information content (AvgIpc) is 3.42. The Hall–Kier alpha value is -2.86. The fourth-order valence-corrected chi connectivity index (χ4v) is 8.10. The molecule has 0 aromatic heterocycles. The zero-order valence-electron chi connectivity index (χ0n) is 30.8. The number of aliphatic hydroxyl groups is 2. The van der Waals surface area contributed by atoms with Gasteiger partial charge in [0.15, 0.2) is 5.79 Å². The van der Waals surface area contributed by atoms with Crippen LogP contribution in [-0.4, -0.2) is 90.5 Å². The van der Waals surface area contributed by atoms with Gasteiger partial charge in [-0.25, -0.2) is 4.79 Å². The lowest BCUT2D eigenvalue weighted by Crippen LogP contribution is -2.62. The summed E-state index contributed by atoms with van der Waals surface area (Å²) in [6.07, 6.45) is 11.6. The van der Waals surface area contributed by atoms with Crippen molar-refractivity contribution in [3.05, 3.63) is 70.4 Å². The molecule has 276 valence electrons. The highest BCUT2D eigenvalue weighted by Crippen LogP contribution is 2.48. The highest BCUT2D eigenvalue weighted by molar-refractivity contribution is 5.87. The van der Waals surface area contributed by atoms with Crippen molar-refractivity contribution in [2.45, 2.75) is 129 Å². The molecular formula is C40H56O10. The third-order valence-corrected chi connectivity index (χ3v) is 11.1. The lowest BCUT2D eigenvalue weighted by Gasteiger charge is -2.52. The SMILES string of the molecule is C/C=C(\C)C(=O)OCC1=C[C@H]2C(=O)O[C@H]3C[C@@H](C/C=C(\C)C[C@@H](C)/C=C/C=C4\CO[C@H]([C@@H]1OC)[C@@]42O)O[C@@]1(C3)O[C@H](/C(C)=C/C)[C@@H](C)C[C@H]1O. The van der Waals surface area contributed by atoms with Crippen LogP contribution in [0.1, 0.15) is 80.6 Å². The zero-order valence-corrected chi connectivity index (χ0v) is 30.8. The van der Waals surface area contributed by atoms with E-state index in [4.69, 9.17) is 28.4 Å². The summed E-state index contributed by atoms with van der Waals surface area (Å²) in [6.45, 7) is 13.6. The number of fused-ring (bicyclic) bond motifs is 2. The highest BCUT2D eigenvalue weighted by atomic mass is 16.7. The number of esters is 2. The van der Waals surface area contributed by atoms with Gasteiger partial charge in [0.2, 0.25) is 0 Å². The number of carbonyl (C=O) groups excluding carboxylic acids is 2. The maximum Gasteiger partial charge on any atom is 0.333 e. The number of hydrogen-bond acceptors (Lipinski definition) is 10. The van der Waals surface area contributed by atoms with Crippen LogP contribution in [0.4, 0.5) is 0 Å². The van der Waals surface area contributed by atoms with Gasteiger partial charge in [0.05, 0.1) is 18.8 Å². The molecule has 2 N–H and O–H groups in total. The van der Waals surface area contributed by atoms with E-state index in [1.165, 1.54) is 12.7 Å². The number of allylic oxidation sites excluding steroid dienone is 6. The summed E-state index contributed by atoms with van der Waals surface area (Å²) in [5.41, 5.74) is 1.91. The Balaban J connectivity index is 1.56. The summed E-state index contributed by atoms with van der Waals surface area (Å²) >= 11 is 0. The Morgan fingerprint density at radius 1 is 1.12 bits per heavy atom. The summed E-state index contributed by atoms with van der Waals surface area (Å²) in [6, 6.07) is 0. The first-order chi connectivity index (χ1) is 23.8. The van der Waals surface area contributed by atoms with Crippen LogP contribution >= 0.6 is 0 Å². The molecule has 10 nitrogen and oxygen atoms in total. The number of rotatable bonds is 5. The molecule has 5 aliphatic rings. The van der Waals surface area contributed by atoms with Crippen molar-refractivity contribution in [3.8, 4) is 0 Å². The Bertz CT molecular complexity index is 1470. The van der Waals surface area contributed by atoms with Crippen molar-refractivity contribution in [2.24, 2.45) is 17.8 Å². The van der Waals surface area contributed by atoms with Crippen LogP contribution in [0.3, 0.4) is 0 Å². The first-order valence-corrected chi connectivity index (χ1v) is 18.0. The van der Waals surface area contributed by atoms with Crippen LogP contribution in [0.5, 0.6) is 0 Å². The fraction of sp³-hybridized carbons (Fsp3) is 0.650. The van der Waals surface area contributed by atoms with E-state index in [1.54, 1.807) is 26.0 Å². The molecule has 4 heterocycles. The summed E-state index contributed by atoms with van der Waals surface area (Å²) in [7, 11) is 1.50. The van der Waals surface area contributed by atoms with Crippen LogP contribution in [-0.2, 0) is 38.0 Å². The minimum absolute atomic E-state index is 0.0583. The first-order valence-electron chi connectivity index (χ1n) is 18.0. The van der Waals surface area contributed by atoms with Gasteiger partial charge in [-0.05, 0) is 82.4 Å². The topological polar surface area (TPSA) is 130 Å². The molecule has 0 saturated carbocycles. The van der Waals surface area contributed by atoms with E-state index in [0.29, 0.717) is 36.0 Å². The molecule has 11 atom stereocenters. The number of ether oxygens (including phenoxy) is 6. The van der Waals surface area contributed by atoms with Gasteiger partial charge in [0.25, 0.3) is 0 Å². The second-order valence-corrected chi connectivity index (χ2v) is 14.9. The molecule has 3 saturated heterocycles. The smallest absolute Gasteiger partial charge is 0.333 e. The van der Waals surface area contributed by atoms with Gasteiger partial charge in [-0.3, -0.25) is 4.79 Å². The predicted molar refractivity (Wildman–Crippen MR) is 188 cm³/mol. The molecule has 3 fully saturated rings. The molecule has 4 aliphatic heterocycles. The van der Waals surface area contributed by atoms with E-state index in [2.05, 4.69) is 32.9 Å². The predicted octanol–water partition coefficient (Wildman–Crippen LogP) is 5.59. The van der Waals surface area contributed by atoms with E-state index in [0.717, 1.165) is 12.0 Å². The summed E-state index contributed by atoms with van der Waals surface area (Å²) < 4.78 is 37.3. The highest BCUT2D eigenvalue weighted by Gasteiger charge is 2.61. The van der Waals surface area contributed by atoms with Crippen LogP contribution in [0, 0.1) is 17.8 Å². The van der Waals surface area contributed by atoms with E-state index >= 15 is 0 Å². The third kappa shape index (κ3) is 7.66.